The summed E-state index contributed by atoms with van der Waals surface area (Å²) in [7, 11) is 0. The summed E-state index contributed by atoms with van der Waals surface area (Å²) in [5.74, 6) is 0.664. The largest absolute Gasteiger partial charge is 0.444 e. The van der Waals surface area contributed by atoms with Crippen LogP contribution < -0.4 is 10.6 Å². The van der Waals surface area contributed by atoms with Gasteiger partial charge in [0.2, 0.25) is 0 Å². The first-order valence-electron chi connectivity index (χ1n) is 9.04. The highest BCUT2D eigenvalue weighted by Crippen LogP contribution is 2.51. The third-order valence-electron chi connectivity index (χ3n) is 5.61. The van der Waals surface area contributed by atoms with Crippen LogP contribution in [0.2, 0.25) is 0 Å². The molecule has 23 heavy (non-hydrogen) atoms. The molecule has 5 heteroatoms. The molecule has 132 valence electrons. The van der Waals surface area contributed by atoms with Crippen molar-refractivity contribution in [3.05, 3.63) is 0 Å². The fraction of sp³-hybridized carbons (Fsp3) is 0.944. The van der Waals surface area contributed by atoms with E-state index in [0.717, 1.165) is 19.4 Å². The van der Waals surface area contributed by atoms with E-state index >= 15 is 0 Å². The molecule has 3 aliphatic rings. The number of ether oxygens (including phenoxy) is 2. The van der Waals surface area contributed by atoms with Gasteiger partial charge in [0.25, 0.3) is 0 Å². The van der Waals surface area contributed by atoms with Gasteiger partial charge in [-0.2, -0.15) is 0 Å². The van der Waals surface area contributed by atoms with Crippen LogP contribution in [-0.2, 0) is 9.47 Å². The van der Waals surface area contributed by atoms with Gasteiger partial charge < -0.3 is 20.1 Å². The molecular weight excluding hydrogens is 292 g/mol. The number of alkyl carbamates (subject to hydrolysis) is 1. The molecule has 1 saturated heterocycles. The molecular formula is C18H32N2O3. The molecule has 1 amide bonds. The van der Waals surface area contributed by atoms with Crippen molar-refractivity contribution in [2.45, 2.75) is 90.1 Å². The third-order valence-corrected chi connectivity index (χ3v) is 5.61. The minimum Gasteiger partial charge on any atom is -0.444 e. The first-order valence-corrected chi connectivity index (χ1v) is 9.04. The van der Waals surface area contributed by atoms with Crippen molar-refractivity contribution in [3.63, 3.8) is 0 Å². The summed E-state index contributed by atoms with van der Waals surface area (Å²) in [5.41, 5.74) is -0.216. The molecule has 0 aromatic rings. The standard InChI is InChI=1S/C18H32N2O3/c1-17(2,3)23-16(21)20-12-9-11(10-12)19-14-13-7-6-8-22-15(13)18(14,4)5/h11-15,19H,6-10H2,1-5H3,(H,20,21). The molecule has 5 nitrogen and oxygen atoms in total. The molecule has 0 spiro atoms. The van der Waals surface area contributed by atoms with Gasteiger partial charge >= 0.3 is 6.09 Å². The predicted molar refractivity (Wildman–Crippen MR) is 89.3 cm³/mol. The van der Waals surface area contributed by atoms with E-state index in [4.69, 9.17) is 9.47 Å². The van der Waals surface area contributed by atoms with Crippen LogP contribution in [0.4, 0.5) is 4.79 Å². The molecule has 3 atom stereocenters. The van der Waals surface area contributed by atoms with Gasteiger partial charge in [0, 0.05) is 36.1 Å². The van der Waals surface area contributed by atoms with Gasteiger partial charge in [-0.05, 0) is 46.5 Å². The maximum absolute atomic E-state index is 11.8. The number of hydrogen-bond donors (Lipinski definition) is 2. The Hall–Kier alpha value is -0.810. The van der Waals surface area contributed by atoms with Crippen molar-refractivity contribution in [2.24, 2.45) is 11.3 Å². The van der Waals surface area contributed by atoms with E-state index in [-0.39, 0.29) is 17.6 Å². The second kappa shape index (κ2) is 5.92. The summed E-state index contributed by atoms with van der Waals surface area (Å²) < 4.78 is 11.3. The lowest BCUT2D eigenvalue weighted by atomic mass is 9.55. The van der Waals surface area contributed by atoms with Crippen molar-refractivity contribution < 1.29 is 14.3 Å². The zero-order valence-corrected chi connectivity index (χ0v) is 15.1. The number of nitrogens with one attached hydrogen (secondary N) is 2. The third kappa shape index (κ3) is 3.50. The Labute approximate surface area is 139 Å². The molecule has 0 radical (unpaired) electrons. The number of rotatable bonds is 3. The first kappa shape index (κ1) is 17.0. The van der Waals surface area contributed by atoms with Crippen LogP contribution >= 0.6 is 0 Å². The Morgan fingerprint density at radius 2 is 1.91 bits per heavy atom. The van der Waals surface area contributed by atoms with E-state index in [9.17, 15) is 4.79 Å². The van der Waals surface area contributed by atoms with Gasteiger partial charge in [-0.15, -0.1) is 0 Å². The van der Waals surface area contributed by atoms with Crippen LogP contribution in [0.3, 0.4) is 0 Å². The Kier molecular flexibility index (Phi) is 4.38. The summed E-state index contributed by atoms with van der Waals surface area (Å²) in [5, 5.41) is 6.78. The van der Waals surface area contributed by atoms with E-state index in [1.54, 1.807) is 0 Å². The van der Waals surface area contributed by atoms with Crippen molar-refractivity contribution in [1.82, 2.24) is 10.6 Å². The summed E-state index contributed by atoms with van der Waals surface area (Å²) >= 11 is 0. The summed E-state index contributed by atoms with van der Waals surface area (Å²) in [4.78, 5) is 11.8. The van der Waals surface area contributed by atoms with Crippen LogP contribution in [0.15, 0.2) is 0 Å². The maximum atomic E-state index is 11.8. The Bertz CT molecular complexity index is 452. The normalized spacial score (nSPS) is 38.7. The summed E-state index contributed by atoms with van der Waals surface area (Å²) in [6, 6.07) is 1.28. The van der Waals surface area contributed by atoms with Crippen molar-refractivity contribution >= 4 is 6.09 Å². The lowest BCUT2D eigenvalue weighted by molar-refractivity contribution is -0.196. The highest BCUT2D eigenvalue weighted by molar-refractivity contribution is 5.68. The highest BCUT2D eigenvalue weighted by atomic mass is 16.6. The Balaban J connectivity index is 1.41. The van der Waals surface area contributed by atoms with Crippen LogP contribution in [0.5, 0.6) is 0 Å². The summed E-state index contributed by atoms with van der Waals surface area (Å²) in [6.45, 7) is 11.2. The average molecular weight is 324 g/mol. The van der Waals surface area contributed by atoms with Crippen molar-refractivity contribution in [1.29, 1.82) is 0 Å². The SMILES string of the molecule is CC(C)(C)OC(=O)NC1CC(NC2C3CCCOC3C2(C)C)C1. The van der Waals surface area contributed by atoms with E-state index in [1.165, 1.54) is 12.8 Å². The topological polar surface area (TPSA) is 59.6 Å². The zero-order valence-electron chi connectivity index (χ0n) is 15.1. The minimum absolute atomic E-state index is 0.217. The van der Waals surface area contributed by atoms with Gasteiger partial charge in [0.05, 0.1) is 6.10 Å². The molecule has 0 bridgehead atoms. The number of carbonyl (C=O) groups is 1. The van der Waals surface area contributed by atoms with Gasteiger partial charge in [0.15, 0.2) is 0 Å². The number of fused-ring (bicyclic) bond motifs is 1. The van der Waals surface area contributed by atoms with Gasteiger partial charge in [-0.1, -0.05) is 13.8 Å². The average Bonchev–Trinajstić information content (AvgIpc) is 2.39. The lowest BCUT2D eigenvalue weighted by Gasteiger charge is -2.61. The Morgan fingerprint density at radius 1 is 1.22 bits per heavy atom. The molecule has 1 aliphatic heterocycles. The van der Waals surface area contributed by atoms with Crippen LogP contribution in [0, 0.1) is 11.3 Å². The molecule has 3 unspecified atom stereocenters. The number of amides is 1. The fourth-order valence-electron chi connectivity index (χ4n) is 4.46. The van der Waals surface area contributed by atoms with Crippen LogP contribution in [-0.4, -0.2) is 42.5 Å². The molecule has 0 aromatic carbocycles. The monoisotopic (exact) mass is 324 g/mol. The van der Waals surface area contributed by atoms with Crippen molar-refractivity contribution in [3.8, 4) is 0 Å². The quantitative estimate of drug-likeness (QED) is 0.838. The van der Waals surface area contributed by atoms with Gasteiger partial charge in [0.1, 0.15) is 5.60 Å². The van der Waals surface area contributed by atoms with Gasteiger partial charge in [-0.25, -0.2) is 4.79 Å². The smallest absolute Gasteiger partial charge is 0.407 e. The molecule has 1 heterocycles. The van der Waals surface area contributed by atoms with E-state index in [1.807, 2.05) is 20.8 Å². The second-order valence-corrected chi connectivity index (χ2v) is 9.07. The minimum atomic E-state index is -0.433. The number of hydrogen-bond acceptors (Lipinski definition) is 4. The molecule has 3 fully saturated rings. The molecule has 3 rings (SSSR count). The van der Waals surface area contributed by atoms with E-state index in [0.29, 0.717) is 24.1 Å². The molecule has 2 aliphatic carbocycles. The first-order chi connectivity index (χ1) is 10.7. The Morgan fingerprint density at radius 3 is 2.57 bits per heavy atom. The molecule has 0 aromatic heterocycles. The predicted octanol–water partition coefficient (Wildman–Crippen LogP) is 2.84. The fourth-order valence-corrected chi connectivity index (χ4v) is 4.46. The molecule has 2 N–H and O–H groups in total. The lowest BCUT2D eigenvalue weighted by Crippen LogP contribution is -2.72. The number of carbonyl (C=O) groups excluding carboxylic acids is 1. The van der Waals surface area contributed by atoms with E-state index in [2.05, 4.69) is 24.5 Å². The van der Waals surface area contributed by atoms with Gasteiger partial charge in [-0.3, -0.25) is 0 Å². The van der Waals surface area contributed by atoms with E-state index < -0.39 is 5.60 Å². The zero-order chi connectivity index (χ0) is 16.8. The molecule has 2 saturated carbocycles. The van der Waals surface area contributed by atoms with Crippen LogP contribution in [0.25, 0.3) is 0 Å². The highest BCUT2D eigenvalue weighted by Gasteiger charge is 2.58. The van der Waals surface area contributed by atoms with Crippen molar-refractivity contribution in [2.75, 3.05) is 6.61 Å². The summed E-state index contributed by atoms with van der Waals surface area (Å²) in [6.07, 6.45) is 4.56. The second-order valence-electron chi connectivity index (χ2n) is 9.07. The maximum Gasteiger partial charge on any atom is 0.407 e. The van der Waals surface area contributed by atoms with Crippen LogP contribution in [0.1, 0.15) is 60.3 Å².